The largest absolute Gasteiger partial charge is 0.368 e. The summed E-state index contributed by atoms with van der Waals surface area (Å²) in [6.07, 6.45) is 3.53. The zero-order valence-electron chi connectivity index (χ0n) is 5.91. The first kappa shape index (κ1) is 7.00. The fourth-order valence-electron chi connectivity index (χ4n) is 1.11. The average molecular weight is 171 g/mol. The van der Waals surface area contributed by atoms with Gasteiger partial charge in [-0.05, 0) is 24.8 Å². The summed E-state index contributed by atoms with van der Waals surface area (Å²) in [4.78, 5) is 11.0. The van der Waals surface area contributed by atoms with Crippen molar-refractivity contribution >= 4 is 17.9 Å². The van der Waals surface area contributed by atoms with Gasteiger partial charge in [0.2, 0.25) is 5.91 Å². The second kappa shape index (κ2) is 2.15. The first-order valence-electron chi connectivity index (χ1n) is 3.44. The first-order valence-corrected chi connectivity index (χ1v) is 4.27. The minimum Gasteiger partial charge on any atom is -0.368 e. The van der Waals surface area contributed by atoms with Crippen molar-refractivity contribution in [3.8, 4) is 0 Å². The molecule has 0 aromatic heterocycles. The average Bonchev–Trinajstić information content (AvgIpc) is 2.61. The van der Waals surface area contributed by atoms with Crippen molar-refractivity contribution in [3.63, 3.8) is 0 Å². The van der Waals surface area contributed by atoms with E-state index in [1.165, 1.54) is 11.9 Å². The summed E-state index contributed by atoms with van der Waals surface area (Å²) in [5.41, 5.74) is 7.80. The number of nitrogens with two attached hydrogens (primary N) is 1. The monoisotopic (exact) mass is 171 g/mol. The highest BCUT2D eigenvalue weighted by molar-refractivity contribution is 8.00. The van der Waals surface area contributed by atoms with Gasteiger partial charge in [-0.25, -0.2) is 0 Å². The summed E-state index contributed by atoms with van der Waals surface area (Å²) in [6, 6.07) is 0. The van der Waals surface area contributed by atoms with Crippen LogP contribution in [-0.4, -0.2) is 15.9 Å². The molecule has 0 bridgehead atoms. The van der Waals surface area contributed by atoms with Gasteiger partial charge in [0, 0.05) is 11.6 Å². The van der Waals surface area contributed by atoms with E-state index in [0.29, 0.717) is 0 Å². The van der Waals surface area contributed by atoms with Crippen LogP contribution in [0, 0.1) is 0 Å². The highest BCUT2D eigenvalue weighted by Gasteiger charge is 2.55. The molecule has 3 N–H and O–H groups in total. The topological polar surface area (TPSA) is 58.4 Å². The van der Waals surface area contributed by atoms with Gasteiger partial charge in [-0.3, -0.25) is 4.79 Å². The highest BCUT2D eigenvalue weighted by atomic mass is 32.2. The van der Waals surface area contributed by atoms with Crippen LogP contribution < -0.4 is 11.2 Å². The van der Waals surface area contributed by atoms with E-state index < -0.39 is 5.54 Å². The number of nitrogens with zero attached hydrogens (tertiary/aromatic N) is 1. The molecule has 60 valence electrons. The lowest BCUT2D eigenvalue weighted by molar-refractivity contribution is -0.123. The Morgan fingerprint density at radius 1 is 1.73 bits per heavy atom. The smallest absolute Gasteiger partial charge is 0.240 e. The minimum atomic E-state index is -0.409. The van der Waals surface area contributed by atoms with E-state index in [0.717, 1.165) is 12.8 Å². The van der Waals surface area contributed by atoms with E-state index in [9.17, 15) is 4.79 Å². The summed E-state index contributed by atoms with van der Waals surface area (Å²) in [7, 11) is 0. The third kappa shape index (κ3) is 0.918. The van der Waals surface area contributed by atoms with E-state index in [4.69, 9.17) is 5.73 Å². The zero-order chi connectivity index (χ0) is 7.90. The molecule has 0 atom stereocenters. The van der Waals surface area contributed by atoms with Crippen molar-refractivity contribution in [2.24, 2.45) is 5.73 Å². The normalized spacial score (nSPS) is 26.5. The Balaban J connectivity index is 2.09. The molecule has 1 saturated carbocycles. The number of rotatable bonds is 2. The molecule has 1 fully saturated rings. The lowest BCUT2D eigenvalue weighted by Gasteiger charge is -2.22. The Labute approximate surface area is 68.9 Å². The number of hydrogen-bond acceptors (Lipinski definition) is 4. The summed E-state index contributed by atoms with van der Waals surface area (Å²) < 4.78 is 1.81. The first-order chi connectivity index (χ1) is 5.26. The molecular weight excluding hydrogens is 162 g/mol. The molecule has 0 unspecified atom stereocenters. The third-order valence-electron chi connectivity index (χ3n) is 2.00. The van der Waals surface area contributed by atoms with Gasteiger partial charge in [0.25, 0.3) is 0 Å². The Bertz CT molecular complexity index is 216. The molecule has 2 aliphatic rings. The van der Waals surface area contributed by atoms with Crippen molar-refractivity contribution in [2.75, 3.05) is 0 Å². The van der Waals surface area contributed by atoms with Crippen LogP contribution in [0.2, 0.25) is 0 Å². The van der Waals surface area contributed by atoms with Gasteiger partial charge in [0.15, 0.2) is 0 Å². The van der Waals surface area contributed by atoms with Crippen LogP contribution in [0.4, 0.5) is 0 Å². The van der Waals surface area contributed by atoms with E-state index in [1.807, 2.05) is 9.82 Å². The maximum absolute atomic E-state index is 11.0. The van der Waals surface area contributed by atoms with Crippen molar-refractivity contribution in [1.82, 2.24) is 9.84 Å². The molecule has 0 aromatic rings. The minimum absolute atomic E-state index is 0.235. The summed E-state index contributed by atoms with van der Waals surface area (Å²) >= 11 is 1.48. The Hall–Kier alpha value is -0.680. The van der Waals surface area contributed by atoms with Gasteiger partial charge in [0.05, 0.1) is 0 Å². The van der Waals surface area contributed by atoms with Gasteiger partial charge < -0.3 is 11.2 Å². The molecule has 1 aliphatic carbocycles. The number of hydrogen-bond donors (Lipinski definition) is 2. The summed E-state index contributed by atoms with van der Waals surface area (Å²) in [5.74, 6) is -0.235. The molecule has 11 heavy (non-hydrogen) atoms. The lowest BCUT2D eigenvalue weighted by atomic mass is 10.3. The predicted octanol–water partition coefficient (Wildman–Crippen LogP) is -0.0561. The molecule has 0 aromatic carbocycles. The van der Waals surface area contributed by atoms with Gasteiger partial charge >= 0.3 is 0 Å². The predicted molar refractivity (Wildman–Crippen MR) is 42.9 cm³/mol. The molecular formula is C6H9N3OS. The lowest BCUT2D eigenvalue weighted by Crippen LogP contribution is -2.46. The number of amides is 1. The number of carbonyl (C=O) groups excluding carboxylic acids is 1. The fourth-order valence-corrected chi connectivity index (χ4v) is 1.95. The molecule has 0 radical (unpaired) electrons. The maximum Gasteiger partial charge on any atom is 0.240 e. The van der Waals surface area contributed by atoms with Crippen LogP contribution in [0.15, 0.2) is 11.6 Å². The number of nitrogens with one attached hydrogen (secondary N) is 1. The molecule has 2 rings (SSSR count). The van der Waals surface area contributed by atoms with E-state index in [1.54, 1.807) is 6.20 Å². The molecule has 0 saturated heterocycles. The number of hydrazine groups is 1. The maximum atomic E-state index is 11.0. The van der Waals surface area contributed by atoms with E-state index in [2.05, 4.69) is 5.43 Å². The van der Waals surface area contributed by atoms with Gasteiger partial charge in [-0.15, -0.1) is 4.41 Å². The van der Waals surface area contributed by atoms with Crippen LogP contribution in [0.25, 0.3) is 0 Å². The Morgan fingerprint density at radius 3 is 2.82 bits per heavy atom. The SMILES string of the molecule is NC(=O)C1(N2NC=CS2)CC1. The Kier molecular flexibility index (Phi) is 1.37. The quantitative estimate of drug-likeness (QED) is 0.572. The van der Waals surface area contributed by atoms with Gasteiger partial charge in [0.1, 0.15) is 5.54 Å². The molecule has 1 aliphatic heterocycles. The van der Waals surface area contributed by atoms with Crippen molar-refractivity contribution in [3.05, 3.63) is 11.6 Å². The van der Waals surface area contributed by atoms with E-state index >= 15 is 0 Å². The van der Waals surface area contributed by atoms with Gasteiger partial charge in [-0.2, -0.15) is 0 Å². The summed E-state index contributed by atoms with van der Waals surface area (Å²) in [5, 5.41) is 1.89. The molecule has 1 amide bonds. The second-order valence-corrected chi connectivity index (χ2v) is 3.58. The third-order valence-corrected chi connectivity index (χ3v) is 2.92. The van der Waals surface area contributed by atoms with Crippen molar-refractivity contribution < 1.29 is 4.79 Å². The van der Waals surface area contributed by atoms with Crippen LogP contribution in [-0.2, 0) is 4.79 Å². The van der Waals surface area contributed by atoms with Crippen molar-refractivity contribution in [1.29, 1.82) is 0 Å². The van der Waals surface area contributed by atoms with Crippen LogP contribution >= 0.6 is 11.9 Å². The van der Waals surface area contributed by atoms with Crippen LogP contribution in [0.5, 0.6) is 0 Å². The van der Waals surface area contributed by atoms with Gasteiger partial charge in [-0.1, -0.05) is 0 Å². The fraction of sp³-hybridized carbons (Fsp3) is 0.500. The van der Waals surface area contributed by atoms with Crippen LogP contribution in [0.3, 0.4) is 0 Å². The molecule has 5 heteroatoms. The molecule has 1 heterocycles. The molecule has 4 nitrogen and oxygen atoms in total. The summed E-state index contributed by atoms with van der Waals surface area (Å²) in [6.45, 7) is 0. The van der Waals surface area contributed by atoms with Crippen LogP contribution in [0.1, 0.15) is 12.8 Å². The Morgan fingerprint density at radius 2 is 2.45 bits per heavy atom. The van der Waals surface area contributed by atoms with Crippen molar-refractivity contribution in [2.45, 2.75) is 18.4 Å². The highest BCUT2D eigenvalue weighted by Crippen LogP contribution is 2.44. The second-order valence-electron chi connectivity index (χ2n) is 2.73. The zero-order valence-corrected chi connectivity index (χ0v) is 6.73. The van der Waals surface area contributed by atoms with E-state index in [-0.39, 0.29) is 5.91 Å². The number of primary amides is 1. The standard InChI is InChI=1S/C6H9N3OS/c7-5(10)6(1-2-6)9-8-3-4-11-9/h3-4,8H,1-2H2,(H2,7,10). The molecule has 0 spiro atoms. The number of carbonyl (C=O) groups is 1.